The first-order chi connectivity index (χ1) is 3.80. The minimum Gasteiger partial charge on any atom is -0.246 e. The van der Waals surface area contributed by atoms with Crippen molar-refractivity contribution in [3.63, 3.8) is 0 Å². The molecule has 0 aromatic carbocycles. The molecule has 0 unspecified atom stereocenters. The number of alkyl halides is 2. The van der Waals surface area contributed by atoms with Crippen molar-refractivity contribution in [3.8, 4) is 0 Å². The van der Waals surface area contributed by atoms with Crippen LogP contribution in [0.1, 0.15) is 25.7 Å². The van der Waals surface area contributed by atoms with Gasteiger partial charge in [-0.1, -0.05) is 35.4 Å². The van der Waals surface area contributed by atoms with E-state index in [1.807, 2.05) is 0 Å². The number of hydrogen-bond donors (Lipinski definition) is 0. The van der Waals surface area contributed by atoms with Crippen molar-refractivity contribution in [3.05, 3.63) is 0 Å². The highest BCUT2D eigenvalue weighted by atomic mass is 127. The zero-order chi connectivity index (χ0) is 5.98. The molecule has 0 aromatic heterocycles. The third kappa shape index (κ3) is 1.57. The Kier molecular flexibility index (Phi) is 2.53. The Hall–Kier alpha value is 0.660. The van der Waals surface area contributed by atoms with Crippen molar-refractivity contribution < 1.29 is 4.39 Å². The lowest BCUT2D eigenvalue weighted by atomic mass is 9.99. The average Bonchev–Trinajstić information content (AvgIpc) is 1.77. The predicted octanol–water partition coefficient (Wildman–Crippen LogP) is 2.70. The number of hydrogen-bond acceptors (Lipinski definition) is 0. The Balaban J connectivity index is 2.28. The Morgan fingerprint density at radius 3 is 2.25 bits per heavy atom. The third-order valence-electron chi connectivity index (χ3n) is 1.60. The van der Waals surface area contributed by atoms with Crippen molar-refractivity contribution in [2.45, 2.75) is 35.8 Å². The molecule has 2 atom stereocenters. The first-order valence-electron chi connectivity index (χ1n) is 3.09. The van der Waals surface area contributed by atoms with Crippen molar-refractivity contribution in [1.82, 2.24) is 0 Å². The van der Waals surface area contributed by atoms with Gasteiger partial charge >= 0.3 is 0 Å². The highest BCUT2D eigenvalue weighted by Crippen LogP contribution is 2.26. The van der Waals surface area contributed by atoms with Gasteiger partial charge in [-0.25, -0.2) is 4.39 Å². The molecule has 1 rings (SSSR count). The minimum atomic E-state index is -0.510. The zero-order valence-corrected chi connectivity index (χ0v) is 6.90. The van der Waals surface area contributed by atoms with Crippen LogP contribution in [-0.2, 0) is 0 Å². The van der Waals surface area contributed by atoms with Crippen LogP contribution in [0.2, 0.25) is 0 Å². The average molecular weight is 228 g/mol. The van der Waals surface area contributed by atoms with Crippen molar-refractivity contribution in [1.29, 1.82) is 0 Å². The van der Waals surface area contributed by atoms with Gasteiger partial charge in [-0.2, -0.15) is 0 Å². The maximum atomic E-state index is 12.6. The molecular weight excluding hydrogens is 218 g/mol. The van der Waals surface area contributed by atoms with Crippen LogP contribution in [0.3, 0.4) is 0 Å². The molecular formula is C6H10FI. The maximum absolute atomic E-state index is 12.6. The molecule has 0 amide bonds. The van der Waals surface area contributed by atoms with Crippen LogP contribution >= 0.6 is 22.6 Å². The van der Waals surface area contributed by atoms with E-state index in [4.69, 9.17) is 0 Å². The summed E-state index contributed by atoms with van der Waals surface area (Å²) >= 11 is 2.21. The second-order valence-electron chi connectivity index (χ2n) is 2.32. The second kappa shape index (κ2) is 2.99. The molecule has 1 aliphatic rings. The van der Waals surface area contributed by atoms with Gasteiger partial charge in [0.1, 0.15) is 6.17 Å². The Morgan fingerprint density at radius 2 is 1.88 bits per heavy atom. The van der Waals surface area contributed by atoms with E-state index in [1.54, 1.807) is 0 Å². The SMILES string of the molecule is F[C@@H]1CCCC[C@H]1I. The minimum absolute atomic E-state index is 0.307. The maximum Gasteiger partial charge on any atom is 0.112 e. The topological polar surface area (TPSA) is 0 Å². The van der Waals surface area contributed by atoms with Gasteiger partial charge in [-0.3, -0.25) is 0 Å². The lowest BCUT2D eigenvalue weighted by Gasteiger charge is -2.19. The van der Waals surface area contributed by atoms with Crippen molar-refractivity contribution in [2.75, 3.05) is 0 Å². The van der Waals surface area contributed by atoms with Crippen LogP contribution in [-0.4, -0.2) is 10.1 Å². The Bertz CT molecular complexity index is 64.9. The molecule has 0 aromatic rings. The normalized spacial score (nSPS) is 39.8. The summed E-state index contributed by atoms with van der Waals surface area (Å²) < 4.78 is 12.9. The summed E-state index contributed by atoms with van der Waals surface area (Å²) in [4.78, 5) is 0. The largest absolute Gasteiger partial charge is 0.246 e. The summed E-state index contributed by atoms with van der Waals surface area (Å²) in [6, 6.07) is 0. The van der Waals surface area contributed by atoms with Gasteiger partial charge in [0.25, 0.3) is 0 Å². The molecule has 0 N–H and O–H groups in total. The van der Waals surface area contributed by atoms with Crippen molar-refractivity contribution in [2.24, 2.45) is 0 Å². The second-order valence-corrected chi connectivity index (χ2v) is 3.92. The van der Waals surface area contributed by atoms with E-state index in [1.165, 1.54) is 6.42 Å². The van der Waals surface area contributed by atoms with Gasteiger partial charge in [0.2, 0.25) is 0 Å². The van der Waals surface area contributed by atoms with Crippen LogP contribution in [0.5, 0.6) is 0 Å². The molecule has 0 radical (unpaired) electrons. The van der Waals surface area contributed by atoms with E-state index >= 15 is 0 Å². The monoisotopic (exact) mass is 228 g/mol. The lowest BCUT2D eigenvalue weighted by molar-refractivity contribution is 0.267. The van der Waals surface area contributed by atoms with Crippen LogP contribution in [0.4, 0.5) is 4.39 Å². The first kappa shape index (κ1) is 6.78. The van der Waals surface area contributed by atoms with E-state index in [0.29, 0.717) is 3.92 Å². The number of rotatable bonds is 0. The molecule has 48 valence electrons. The van der Waals surface area contributed by atoms with Gasteiger partial charge in [0.05, 0.1) is 0 Å². The zero-order valence-electron chi connectivity index (χ0n) is 4.74. The van der Waals surface area contributed by atoms with Gasteiger partial charge in [-0.15, -0.1) is 0 Å². The van der Waals surface area contributed by atoms with E-state index < -0.39 is 6.17 Å². The van der Waals surface area contributed by atoms with Gasteiger partial charge in [0.15, 0.2) is 0 Å². The summed E-state index contributed by atoms with van der Waals surface area (Å²) in [6.45, 7) is 0. The summed E-state index contributed by atoms with van der Waals surface area (Å²) in [5.74, 6) is 0. The van der Waals surface area contributed by atoms with E-state index in [2.05, 4.69) is 22.6 Å². The molecule has 0 saturated heterocycles. The highest BCUT2D eigenvalue weighted by Gasteiger charge is 2.20. The first-order valence-corrected chi connectivity index (χ1v) is 4.33. The molecule has 8 heavy (non-hydrogen) atoms. The van der Waals surface area contributed by atoms with Crippen LogP contribution < -0.4 is 0 Å². The van der Waals surface area contributed by atoms with Crippen LogP contribution in [0.25, 0.3) is 0 Å². The van der Waals surface area contributed by atoms with Gasteiger partial charge in [-0.05, 0) is 12.8 Å². The summed E-state index contributed by atoms with van der Waals surface area (Å²) in [5, 5.41) is 0. The fraction of sp³-hybridized carbons (Fsp3) is 1.00. The fourth-order valence-corrected chi connectivity index (χ4v) is 1.84. The van der Waals surface area contributed by atoms with E-state index in [-0.39, 0.29) is 0 Å². The molecule has 1 fully saturated rings. The van der Waals surface area contributed by atoms with Crippen LogP contribution in [0, 0.1) is 0 Å². The van der Waals surface area contributed by atoms with Gasteiger partial charge < -0.3 is 0 Å². The Labute approximate surface area is 63.0 Å². The molecule has 0 heterocycles. The van der Waals surface area contributed by atoms with E-state index in [0.717, 1.165) is 19.3 Å². The van der Waals surface area contributed by atoms with E-state index in [9.17, 15) is 4.39 Å². The molecule has 2 heteroatoms. The number of halogens is 2. The standard InChI is InChI=1S/C6H10FI/c7-5-3-1-2-4-6(5)8/h5-6H,1-4H2/t5-,6-/m1/s1. The molecule has 0 bridgehead atoms. The molecule has 1 aliphatic carbocycles. The molecule has 0 spiro atoms. The van der Waals surface area contributed by atoms with Crippen molar-refractivity contribution >= 4 is 22.6 Å². The molecule has 0 nitrogen and oxygen atoms in total. The summed E-state index contributed by atoms with van der Waals surface area (Å²) in [7, 11) is 0. The summed E-state index contributed by atoms with van der Waals surface area (Å²) in [5.41, 5.74) is 0. The smallest absolute Gasteiger partial charge is 0.112 e. The highest BCUT2D eigenvalue weighted by molar-refractivity contribution is 14.1. The fourth-order valence-electron chi connectivity index (χ4n) is 1.04. The Morgan fingerprint density at radius 1 is 1.25 bits per heavy atom. The predicted molar refractivity (Wildman–Crippen MR) is 41.2 cm³/mol. The molecule has 0 aliphatic heterocycles. The lowest BCUT2D eigenvalue weighted by Crippen LogP contribution is -2.19. The van der Waals surface area contributed by atoms with Crippen LogP contribution in [0.15, 0.2) is 0 Å². The summed E-state index contributed by atoms with van der Waals surface area (Å²) in [6.07, 6.45) is 3.70. The van der Waals surface area contributed by atoms with Gasteiger partial charge in [0, 0.05) is 3.92 Å². The quantitative estimate of drug-likeness (QED) is 0.441. The molecule has 1 saturated carbocycles. The third-order valence-corrected chi connectivity index (χ3v) is 3.01.